The van der Waals surface area contributed by atoms with E-state index in [0.29, 0.717) is 43.6 Å². The number of rotatable bonds is 6. The second-order valence-corrected chi connectivity index (χ2v) is 6.99. The van der Waals surface area contributed by atoms with Gasteiger partial charge in [-0.1, -0.05) is 19.1 Å². The van der Waals surface area contributed by atoms with Gasteiger partial charge in [0, 0.05) is 19.6 Å². The van der Waals surface area contributed by atoms with Crippen LogP contribution in [0.15, 0.2) is 24.3 Å². The van der Waals surface area contributed by atoms with Gasteiger partial charge in [0.05, 0.1) is 5.69 Å². The van der Waals surface area contributed by atoms with Crippen molar-refractivity contribution in [3.63, 3.8) is 0 Å². The maximum Gasteiger partial charge on any atom is 0.301 e. The van der Waals surface area contributed by atoms with E-state index in [1.165, 1.54) is 4.31 Å². The molecule has 0 amide bonds. The Morgan fingerprint density at radius 3 is 2.67 bits per heavy atom. The number of anilines is 1. The molecule has 0 saturated carbocycles. The van der Waals surface area contributed by atoms with Crippen LogP contribution in [0.2, 0.25) is 0 Å². The van der Waals surface area contributed by atoms with Gasteiger partial charge in [-0.25, -0.2) is 0 Å². The van der Waals surface area contributed by atoms with Crippen molar-refractivity contribution in [2.45, 2.75) is 19.8 Å². The van der Waals surface area contributed by atoms with E-state index in [9.17, 15) is 8.42 Å². The molecule has 1 heterocycles. The summed E-state index contributed by atoms with van der Waals surface area (Å²) in [5.74, 6) is 1.08. The van der Waals surface area contributed by atoms with Crippen molar-refractivity contribution >= 4 is 15.9 Å². The smallest absolute Gasteiger partial charge is 0.301 e. The summed E-state index contributed by atoms with van der Waals surface area (Å²) in [6.45, 7) is 3.99. The van der Waals surface area contributed by atoms with E-state index in [4.69, 9.17) is 10.5 Å². The number of para-hydroxylation sites is 2. The van der Waals surface area contributed by atoms with Gasteiger partial charge in [0.1, 0.15) is 12.4 Å². The molecule has 7 heteroatoms. The van der Waals surface area contributed by atoms with Crippen LogP contribution < -0.4 is 15.2 Å². The lowest BCUT2D eigenvalue weighted by molar-refractivity contribution is 0.289. The minimum absolute atomic E-state index is 0.347. The van der Waals surface area contributed by atoms with Crippen molar-refractivity contribution in [1.82, 2.24) is 4.31 Å². The van der Waals surface area contributed by atoms with Crippen LogP contribution in [-0.2, 0) is 10.2 Å². The van der Waals surface area contributed by atoms with Gasteiger partial charge in [-0.05, 0) is 30.9 Å². The summed E-state index contributed by atoms with van der Waals surface area (Å²) in [5.41, 5.74) is 5.86. The highest BCUT2D eigenvalue weighted by atomic mass is 32.2. The highest BCUT2D eigenvalue weighted by Gasteiger charge is 2.27. The minimum atomic E-state index is -3.54. The van der Waals surface area contributed by atoms with Crippen LogP contribution in [0, 0.1) is 5.92 Å². The number of piperidine rings is 1. The molecular formula is C14H23N3O3S. The maximum atomic E-state index is 12.4. The number of nitrogens with two attached hydrogens (primary N) is 1. The van der Waals surface area contributed by atoms with Gasteiger partial charge < -0.3 is 10.5 Å². The molecule has 21 heavy (non-hydrogen) atoms. The normalized spacial score (nSPS) is 17.6. The highest BCUT2D eigenvalue weighted by Crippen LogP contribution is 2.26. The predicted octanol–water partition coefficient (Wildman–Crippen LogP) is 1.41. The summed E-state index contributed by atoms with van der Waals surface area (Å²) in [5, 5.41) is 0. The quantitative estimate of drug-likeness (QED) is 0.831. The fourth-order valence-electron chi connectivity index (χ4n) is 2.27. The Hall–Kier alpha value is -1.31. The number of nitrogens with zero attached hydrogens (tertiary/aromatic N) is 1. The average Bonchev–Trinajstić information content (AvgIpc) is 2.46. The van der Waals surface area contributed by atoms with Crippen LogP contribution in [0.1, 0.15) is 19.8 Å². The molecule has 0 atom stereocenters. The average molecular weight is 313 g/mol. The van der Waals surface area contributed by atoms with E-state index in [0.717, 1.165) is 12.8 Å². The molecule has 1 aliphatic heterocycles. The fourth-order valence-corrected chi connectivity index (χ4v) is 3.54. The first-order valence-corrected chi connectivity index (χ1v) is 8.66. The Bertz CT molecular complexity index is 554. The van der Waals surface area contributed by atoms with Gasteiger partial charge in [0.15, 0.2) is 0 Å². The largest absolute Gasteiger partial charge is 0.490 e. The molecule has 0 unspecified atom stereocenters. The van der Waals surface area contributed by atoms with Crippen molar-refractivity contribution in [3.8, 4) is 5.75 Å². The Balaban J connectivity index is 2.09. The summed E-state index contributed by atoms with van der Waals surface area (Å²) >= 11 is 0. The van der Waals surface area contributed by atoms with Crippen LogP contribution in [0.5, 0.6) is 5.75 Å². The standard InChI is InChI=1S/C14H23N3O3S/c1-12-6-9-17(10-7-12)21(18,19)16-13-4-2-3-5-14(13)20-11-8-15/h2-5,12,16H,6-11,15H2,1H3. The highest BCUT2D eigenvalue weighted by molar-refractivity contribution is 7.90. The van der Waals surface area contributed by atoms with Crippen molar-refractivity contribution in [2.75, 3.05) is 31.0 Å². The molecule has 0 spiro atoms. The zero-order valence-corrected chi connectivity index (χ0v) is 13.1. The number of ether oxygens (including phenoxy) is 1. The van der Waals surface area contributed by atoms with E-state index >= 15 is 0 Å². The molecule has 0 aromatic heterocycles. The summed E-state index contributed by atoms with van der Waals surface area (Å²) in [7, 11) is -3.54. The van der Waals surface area contributed by atoms with Gasteiger partial charge in [0.25, 0.3) is 0 Å². The van der Waals surface area contributed by atoms with Crippen LogP contribution in [0.4, 0.5) is 5.69 Å². The van der Waals surface area contributed by atoms with Gasteiger partial charge in [-0.15, -0.1) is 0 Å². The molecule has 1 saturated heterocycles. The molecule has 3 N–H and O–H groups in total. The molecule has 0 radical (unpaired) electrons. The minimum Gasteiger partial charge on any atom is -0.490 e. The molecule has 1 aromatic carbocycles. The number of nitrogens with one attached hydrogen (secondary N) is 1. The lowest BCUT2D eigenvalue weighted by Gasteiger charge is -2.29. The second-order valence-electron chi connectivity index (χ2n) is 5.32. The van der Waals surface area contributed by atoms with Crippen LogP contribution in [0.25, 0.3) is 0 Å². The maximum absolute atomic E-state index is 12.4. The van der Waals surface area contributed by atoms with Gasteiger partial charge in [0.2, 0.25) is 0 Å². The number of hydrogen-bond acceptors (Lipinski definition) is 4. The zero-order valence-electron chi connectivity index (χ0n) is 12.3. The van der Waals surface area contributed by atoms with E-state index in [1.54, 1.807) is 24.3 Å². The molecule has 118 valence electrons. The van der Waals surface area contributed by atoms with Crippen LogP contribution in [-0.4, -0.2) is 39.0 Å². The number of benzene rings is 1. The lowest BCUT2D eigenvalue weighted by Crippen LogP contribution is -2.41. The Labute approximate surface area is 126 Å². The summed E-state index contributed by atoms with van der Waals surface area (Å²) in [4.78, 5) is 0. The van der Waals surface area contributed by atoms with Gasteiger partial charge in [-0.2, -0.15) is 12.7 Å². The Morgan fingerprint density at radius 1 is 1.33 bits per heavy atom. The van der Waals surface area contributed by atoms with Crippen LogP contribution in [0.3, 0.4) is 0 Å². The SMILES string of the molecule is CC1CCN(S(=O)(=O)Nc2ccccc2OCCN)CC1. The van der Waals surface area contributed by atoms with Gasteiger partial charge >= 0.3 is 10.2 Å². The first-order valence-electron chi connectivity index (χ1n) is 7.22. The lowest BCUT2D eigenvalue weighted by atomic mass is 10.0. The summed E-state index contributed by atoms with van der Waals surface area (Å²) < 4.78 is 34.4. The third-order valence-electron chi connectivity index (χ3n) is 3.58. The predicted molar refractivity (Wildman–Crippen MR) is 83.5 cm³/mol. The van der Waals surface area contributed by atoms with Gasteiger partial charge in [-0.3, -0.25) is 4.72 Å². The molecule has 1 aliphatic rings. The third kappa shape index (κ3) is 4.33. The summed E-state index contributed by atoms with van der Waals surface area (Å²) in [6, 6.07) is 6.99. The zero-order chi connectivity index (χ0) is 15.3. The molecule has 0 bridgehead atoms. The molecule has 2 rings (SSSR count). The Morgan fingerprint density at radius 2 is 2.00 bits per heavy atom. The van der Waals surface area contributed by atoms with Crippen molar-refractivity contribution in [3.05, 3.63) is 24.3 Å². The Kier molecular flexibility index (Phi) is 5.44. The first kappa shape index (κ1) is 16.1. The molecule has 1 aromatic rings. The van der Waals surface area contributed by atoms with E-state index in [1.807, 2.05) is 0 Å². The molecular weight excluding hydrogens is 290 g/mol. The fraction of sp³-hybridized carbons (Fsp3) is 0.571. The van der Waals surface area contributed by atoms with E-state index < -0.39 is 10.2 Å². The first-order chi connectivity index (χ1) is 10.0. The molecule has 0 aliphatic carbocycles. The van der Waals surface area contributed by atoms with Crippen LogP contribution >= 0.6 is 0 Å². The number of hydrogen-bond donors (Lipinski definition) is 2. The van der Waals surface area contributed by atoms with Crippen molar-refractivity contribution < 1.29 is 13.2 Å². The third-order valence-corrected chi connectivity index (χ3v) is 5.11. The second kappa shape index (κ2) is 7.11. The monoisotopic (exact) mass is 313 g/mol. The van der Waals surface area contributed by atoms with E-state index in [-0.39, 0.29) is 0 Å². The van der Waals surface area contributed by atoms with Crippen molar-refractivity contribution in [2.24, 2.45) is 11.7 Å². The van der Waals surface area contributed by atoms with Crippen molar-refractivity contribution in [1.29, 1.82) is 0 Å². The topological polar surface area (TPSA) is 84.7 Å². The molecule has 6 nitrogen and oxygen atoms in total. The van der Waals surface area contributed by atoms with E-state index in [2.05, 4.69) is 11.6 Å². The molecule has 1 fully saturated rings. The summed E-state index contributed by atoms with van der Waals surface area (Å²) in [6.07, 6.45) is 1.79.